The fraction of sp³-hybridized carbons (Fsp3) is 0.273. The van der Waals surface area contributed by atoms with Crippen molar-refractivity contribution in [1.29, 1.82) is 0 Å². The van der Waals surface area contributed by atoms with Crippen LogP contribution in [-0.4, -0.2) is 40.4 Å². The molecule has 3 aliphatic carbocycles. The summed E-state index contributed by atoms with van der Waals surface area (Å²) in [7, 11) is 5.78. The average Bonchev–Trinajstić information content (AvgIpc) is 2.76. The number of carbonyl (C=O) groups excluding carboxylic acids is 2. The predicted molar refractivity (Wildman–Crippen MR) is 101 cm³/mol. The van der Waals surface area contributed by atoms with Gasteiger partial charge in [-0.2, -0.15) is 0 Å². The van der Waals surface area contributed by atoms with Crippen LogP contribution in [0, 0.1) is 0 Å². The van der Waals surface area contributed by atoms with Crippen molar-refractivity contribution in [2.45, 2.75) is 11.8 Å². The Morgan fingerprint density at radius 1 is 0.679 bits per heavy atom. The molecule has 6 heteroatoms. The van der Waals surface area contributed by atoms with Gasteiger partial charge in [0, 0.05) is 23.0 Å². The van der Waals surface area contributed by atoms with E-state index in [4.69, 9.17) is 18.9 Å². The van der Waals surface area contributed by atoms with Crippen molar-refractivity contribution in [2.75, 3.05) is 28.4 Å². The molecule has 2 aromatic rings. The fourth-order valence-corrected chi connectivity index (χ4v) is 4.48. The molecule has 2 atom stereocenters. The Hall–Kier alpha value is -3.28. The van der Waals surface area contributed by atoms with Crippen molar-refractivity contribution in [3.05, 3.63) is 69.8 Å². The number of methoxy groups -OCH3 is 4. The first-order chi connectivity index (χ1) is 13.6. The molecule has 2 bridgehead atoms. The van der Waals surface area contributed by atoms with E-state index in [9.17, 15) is 9.59 Å². The minimum absolute atomic E-state index is 0.289. The minimum Gasteiger partial charge on any atom is -0.496 e. The first kappa shape index (κ1) is 18.1. The Bertz CT molecular complexity index is 940. The summed E-state index contributed by atoms with van der Waals surface area (Å²) in [5.41, 5.74) is 4.10. The molecule has 0 amide bonds. The lowest BCUT2D eigenvalue weighted by atomic mass is 9.60. The lowest BCUT2D eigenvalue weighted by Crippen LogP contribution is -2.35. The van der Waals surface area contributed by atoms with E-state index in [1.807, 2.05) is 36.4 Å². The second kappa shape index (κ2) is 6.71. The van der Waals surface area contributed by atoms with E-state index in [1.165, 1.54) is 14.2 Å². The predicted octanol–water partition coefficient (Wildman–Crippen LogP) is 2.94. The second-order valence-electron chi connectivity index (χ2n) is 6.60. The summed E-state index contributed by atoms with van der Waals surface area (Å²) in [6.07, 6.45) is 0. The lowest BCUT2D eigenvalue weighted by Gasteiger charge is -2.42. The number of rotatable bonds is 4. The van der Waals surface area contributed by atoms with Gasteiger partial charge in [0.05, 0.1) is 39.6 Å². The Morgan fingerprint density at radius 3 is 1.39 bits per heavy atom. The number of ether oxygens (including phenoxy) is 4. The van der Waals surface area contributed by atoms with Gasteiger partial charge in [-0.25, -0.2) is 9.59 Å². The highest BCUT2D eigenvalue weighted by Gasteiger charge is 2.50. The van der Waals surface area contributed by atoms with Crippen molar-refractivity contribution in [3.8, 4) is 11.5 Å². The molecule has 2 aromatic carbocycles. The zero-order valence-corrected chi connectivity index (χ0v) is 16.1. The molecule has 0 saturated carbocycles. The molecule has 0 heterocycles. The summed E-state index contributed by atoms with van der Waals surface area (Å²) in [6.45, 7) is 0. The van der Waals surface area contributed by atoms with Gasteiger partial charge in [0.2, 0.25) is 0 Å². The third-order valence-electron chi connectivity index (χ3n) is 5.52. The molecule has 3 aliphatic rings. The van der Waals surface area contributed by atoms with E-state index in [2.05, 4.69) is 0 Å². The standard InChI is InChI=1S/C22H20O6/c1-25-13-9-10-14(26-2)18-16-12-8-6-5-7-11(12)15(17(13)18)19(21(23)27-3)20(16)22(24)28-4/h5-10,15-16H,1-4H3. The summed E-state index contributed by atoms with van der Waals surface area (Å²) < 4.78 is 21.3. The molecular weight excluding hydrogens is 360 g/mol. The van der Waals surface area contributed by atoms with E-state index in [0.717, 1.165) is 22.3 Å². The second-order valence-corrected chi connectivity index (χ2v) is 6.60. The van der Waals surface area contributed by atoms with Gasteiger partial charge in [-0.05, 0) is 23.3 Å². The maximum atomic E-state index is 12.8. The zero-order valence-electron chi connectivity index (χ0n) is 16.1. The van der Waals surface area contributed by atoms with Crippen LogP contribution < -0.4 is 9.47 Å². The van der Waals surface area contributed by atoms with Crippen LogP contribution >= 0.6 is 0 Å². The summed E-state index contributed by atoms with van der Waals surface area (Å²) >= 11 is 0. The number of hydrogen-bond acceptors (Lipinski definition) is 6. The highest BCUT2D eigenvalue weighted by molar-refractivity contribution is 6.06. The van der Waals surface area contributed by atoms with Gasteiger partial charge in [-0.1, -0.05) is 24.3 Å². The third kappa shape index (κ3) is 2.27. The SMILES string of the molecule is COC(=O)C1=C(C(=O)OC)C2c3ccccc3C1c1c(OC)ccc(OC)c12. The first-order valence-corrected chi connectivity index (χ1v) is 8.83. The average molecular weight is 380 g/mol. The Morgan fingerprint density at radius 2 is 1.07 bits per heavy atom. The van der Waals surface area contributed by atoms with Gasteiger partial charge < -0.3 is 18.9 Å². The molecule has 5 rings (SSSR count). The monoisotopic (exact) mass is 380 g/mol. The quantitative estimate of drug-likeness (QED) is 0.760. The molecule has 0 N–H and O–H groups in total. The first-order valence-electron chi connectivity index (χ1n) is 8.83. The van der Waals surface area contributed by atoms with Crippen LogP contribution in [0.3, 0.4) is 0 Å². The summed E-state index contributed by atoms with van der Waals surface area (Å²) in [5.74, 6) is -0.873. The summed E-state index contributed by atoms with van der Waals surface area (Å²) in [6, 6.07) is 11.4. The van der Waals surface area contributed by atoms with Gasteiger partial charge in [-0.3, -0.25) is 0 Å². The molecule has 2 unspecified atom stereocenters. The number of carbonyl (C=O) groups is 2. The van der Waals surface area contributed by atoms with Crippen LogP contribution in [-0.2, 0) is 19.1 Å². The maximum Gasteiger partial charge on any atom is 0.335 e. The number of esters is 2. The highest BCUT2D eigenvalue weighted by Crippen LogP contribution is 2.60. The molecule has 0 fully saturated rings. The van der Waals surface area contributed by atoms with Gasteiger partial charge in [-0.15, -0.1) is 0 Å². The normalized spacial score (nSPS) is 18.9. The molecule has 144 valence electrons. The van der Waals surface area contributed by atoms with Crippen LogP contribution in [0.1, 0.15) is 34.1 Å². The maximum absolute atomic E-state index is 12.8. The largest absolute Gasteiger partial charge is 0.496 e. The van der Waals surface area contributed by atoms with Crippen LogP contribution in [0.2, 0.25) is 0 Å². The lowest BCUT2D eigenvalue weighted by molar-refractivity contribution is -0.140. The molecule has 0 spiro atoms. The van der Waals surface area contributed by atoms with Crippen molar-refractivity contribution < 1.29 is 28.5 Å². The number of hydrogen-bond donors (Lipinski definition) is 0. The number of benzene rings is 2. The molecule has 0 aliphatic heterocycles. The van der Waals surface area contributed by atoms with Crippen molar-refractivity contribution in [1.82, 2.24) is 0 Å². The van der Waals surface area contributed by atoms with Crippen molar-refractivity contribution in [2.24, 2.45) is 0 Å². The molecule has 0 radical (unpaired) electrons. The van der Waals surface area contributed by atoms with Crippen LogP contribution in [0.5, 0.6) is 11.5 Å². The molecular formula is C22H20O6. The Balaban J connectivity index is 2.15. The minimum atomic E-state index is -0.555. The summed E-state index contributed by atoms with van der Waals surface area (Å²) in [5, 5.41) is 0. The van der Waals surface area contributed by atoms with Crippen molar-refractivity contribution in [3.63, 3.8) is 0 Å². The third-order valence-corrected chi connectivity index (χ3v) is 5.52. The smallest absolute Gasteiger partial charge is 0.335 e. The molecule has 0 aromatic heterocycles. The topological polar surface area (TPSA) is 71.1 Å². The Labute approximate surface area is 162 Å². The molecule has 0 saturated heterocycles. The highest BCUT2D eigenvalue weighted by atomic mass is 16.5. The van der Waals surface area contributed by atoms with Crippen LogP contribution in [0.4, 0.5) is 0 Å². The van der Waals surface area contributed by atoms with Crippen LogP contribution in [0.15, 0.2) is 47.5 Å². The van der Waals surface area contributed by atoms with E-state index in [0.29, 0.717) is 11.5 Å². The molecule has 6 nitrogen and oxygen atoms in total. The molecule has 28 heavy (non-hydrogen) atoms. The van der Waals surface area contributed by atoms with Crippen LogP contribution in [0.25, 0.3) is 0 Å². The fourth-order valence-electron chi connectivity index (χ4n) is 4.48. The Kier molecular flexibility index (Phi) is 4.34. The van der Waals surface area contributed by atoms with E-state index in [-0.39, 0.29) is 11.1 Å². The van der Waals surface area contributed by atoms with E-state index >= 15 is 0 Å². The van der Waals surface area contributed by atoms with Gasteiger partial charge in [0.1, 0.15) is 11.5 Å². The van der Waals surface area contributed by atoms with Gasteiger partial charge in [0.25, 0.3) is 0 Å². The van der Waals surface area contributed by atoms with Gasteiger partial charge >= 0.3 is 11.9 Å². The van der Waals surface area contributed by atoms with Gasteiger partial charge in [0.15, 0.2) is 0 Å². The van der Waals surface area contributed by atoms with E-state index in [1.54, 1.807) is 14.2 Å². The zero-order chi connectivity index (χ0) is 20.0. The summed E-state index contributed by atoms with van der Waals surface area (Å²) in [4.78, 5) is 25.6. The van der Waals surface area contributed by atoms with E-state index < -0.39 is 23.8 Å². The van der Waals surface area contributed by atoms with Crippen molar-refractivity contribution >= 4 is 11.9 Å².